The lowest BCUT2D eigenvalue weighted by Gasteiger charge is -2.41. The summed E-state index contributed by atoms with van der Waals surface area (Å²) in [5.74, 6) is -0.669. The van der Waals surface area contributed by atoms with Crippen LogP contribution in [0, 0.1) is 0 Å². The maximum atomic E-state index is 12.7. The van der Waals surface area contributed by atoms with Gasteiger partial charge in [0.15, 0.2) is 7.98 Å². The van der Waals surface area contributed by atoms with E-state index in [4.69, 9.17) is 7.98 Å². The lowest BCUT2D eigenvalue weighted by Crippen LogP contribution is -2.59. The number of sulfonamides is 1. The molecule has 2 amide bonds. The number of nitrogens with zero attached hydrogens (tertiary/aromatic N) is 3. The summed E-state index contributed by atoms with van der Waals surface area (Å²) in [5.41, 5.74) is 0. The third-order valence-corrected chi connectivity index (χ3v) is 6.39. The number of piperidine rings is 2. The van der Waals surface area contributed by atoms with Crippen LogP contribution in [-0.2, 0) is 19.6 Å². The van der Waals surface area contributed by atoms with Gasteiger partial charge < -0.3 is 4.81 Å². The van der Waals surface area contributed by atoms with Crippen molar-refractivity contribution in [1.82, 2.24) is 14.0 Å². The molecule has 2 aliphatic rings. The molecule has 2 heterocycles. The van der Waals surface area contributed by atoms with E-state index >= 15 is 0 Å². The molecule has 1 atom stereocenters. The zero-order chi connectivity index (χ0) is 16.5. The Morgan fingerprint density at radius 2 is 1.82 bits per heavy atom. The summed E-state index contributed by atoms with van der Waals surface area (Å²) in [4.78, 5) is 27.8. The molecule has 0 saturated carbocycles. The van der Waals surface area contributed by atoms with Crippen molar-refractivity contribution in [3.8, 4) is 0 Å². The average molecular weight is 327 g/mol. The minimum atomic E-state index is -3.46. The fourth-order valence-electron chi connectivity index (χ4n) is 3.05. The van der Waals surface area contributed by atoms with E-state index in [1.54, 1.807) is 11.7 Å². The molecular weight excluding hydrogens is 305 g/mol. The maximum Gasteiger partial charge on any atom is 0.247 e. The lowest BCUT2D eigenvalue weighted by molar-refractivity contribution is -0.155. The van der Waals surface area contributed by atoms with Crippen LogP contribution < -0.4 is 0 Å². The summed E-state index contributed by atoms with van der Waals surface area (Å²) in [6.07, 6.45) is 1.71. The van der Waals surface area contributed by atoms with E-state index in [2.05, 4.69) is 0 Å². The fourth-order valence-corrected chi connectivity index (χ4v) is 4.04. The third-order valence-electron chi connectivity index (χ3n) is 4.53. The molecule has 0 spiro atoms. The van der Waals surface area contributed by atoms with Gasteiger partial charge in [0.05, 0.1) is 5.75 Å². The van der Waals surface area contributed by atoms with Crippen LogP contribution in [0.2, 0.25) is 0 Å². The third kappa shape index (κ3) is 3.36. The van der Waals surface area contributed by atoms with E-state index in [1.807, 2.05) is 0 Å². The van der Waals surface area contributed by atoms with Crippen LogP contribution in [-0.4, -0.2) is 80.2 Å². The van der Waals surface area contributed by atoms with Crippen LogP contribution in [0.5, 0.6) is 0 Å². The van der Waals surface area contributed by atoms with Crippen molar-refractivity contribution in [3.63, 3.8) is 0 Å². The van der Waals surface area contributed by atoms with Crippen molar-refractivity contribution >= 4 is 29.8 Å². The number of carbonyl (C=O) groups is 2. The highest BCUT2D eigenvalue weighted by Crippen LogP contribution is 2.25. The predicted octanol–water partition coefficient (Wildman–Crippen LogP) is -0.667. The number of hydrogen-bond donors (Lipinski definition) is 0. The monoisotopic (exact) mass is 327 g/mol. The first-order valence-corrected chi connectivity index (χ1v) is 9.20. The molecule has 0 N–H and O–H groups in total. The van der Waals surface area contributed by atoms with Crippen molar-refractivity contribution < 1.29 is 18.0 Å². The Morgan fingerprint density at radius 3 is 2.36 bits per heavy atom. The number of likely N-dealkylation sites (tertiary alicyclic amines) is 1. The average Bonchev–Trinajstić information content (AvgIpc) is 2.48. The molecule has 2 fully saturated rings. The molecule has 9 heteroatoms. The first-order valence-electron chi connectivity index (χ1n) is 7.59. The van der Waals surface area contributed by atoms with Gasteiger partial charge in [0.2, 0.25) is 21.8 Å². The van der Waals surface area contributed by atoms with Gasteiger partial charge in [0, 0.05) is 19.5 Å². The molecule has 0 aromatic heterocycles. The summed E-state index contributed by atoms with van der Waals surface area (Å²) >= 11 is 0. The van der Waals surface area contributed by atoms with E-state index in [-0.39, 0.29) is 30.5 Å². The van der Waals surface area contributed by atoms with Gasteiger partial charge in [-0.25, -0.2) is 8.42 Å². The smallest absolute Gasteiger partial charge is 0.247 e. The second-order valence-corrected chi connectivity index (χ2v) is 8.16. The molecular formula is C13H22BN3O4S. The fraction of sp³-hybridized carbons (Fsp3) is 0.846. The molecule has 0 aliphatic carbocycles. The quantitative estimate of drug-likeness (QED) is 0.506. The molecule has 1 unspecified atom stereocenters. The second kappa shape index (κ2) is 6.68. The number of amides is 2. The standard InChI is InChI=1S/C13H22BN3O4S/c1-3-22(20,21)15(2)11-4-5-12(18)17(13(11)19)10-6-8-16(14)9-7-10/h10-11H,3-9H2,1-2H3. The Bertz CT molecular complexity index is 545. The van der Waals surface area contributed by atoms with E-state index in [1.165, 1.54) is 11.9 Å². The molecule has 7 nitrogen and oxygen atoms in total. The summed E-state index contributed by atoms with van der Waals surface area (Å²) in [5, 5.41) is 0. The maximum absolute atomic E-state index is 12.7. The van der Waals surface area contributed by atoms with Crippen molar-refractivity contribution in [1.29, 1.82) is 0 Å². The zero-order valence-corrected chi connectivity index (χ0v) is 13.9. The van der Waals surface area contributed by atoms with Gasteiger partial charge in [0.1, 0.15) is 6.04 Å². The first-order chi connectivity index (χ1) is 10.3. The van der Waals surface area contributed by atoms with E-state index in [0.29, 0.717) is 25.9 Å². The molecule has 0 aromatic carbocycles. The van der Waals surface area contributed by atoms with E-state index in [9.17, 15) is 18.0 Å². The number of hydrogen-bond acceptors (Lipinski definition) is 5. The molecule has 22 heavy (non-hydrogen) atoms. The molecule has 2 saturated heterocycles. The van der Waals surface area contributed by atoms with Gasteiger partial charge in [-0.3, -0.25) is 14.5 Å². The van der Waals surface area contributed by atoms with Gasteiger partial charge in [-0.15, -0.1) is 0 Å². The highest BCUT2D eigenvalue weighted by atomic mass is 32.2. The summed E-state index contributed by atoms with van der Waals surface area (Å²) in [6, 6.07) is -0.959. The minimum absolute atomic E-state index is 0.0627. The largest absolute Gasteiger partial charge is 0.353 e. The Kier molecular flexibility index (Phi) is 5.29. The van der Waals surface area contributed by atoms with E-state index < -0.39 is 22.0 Å². The molecule has 2 radical (unpaired) electrons. The van der Waals surface area contributed by atoms with E-state index in [0.717, 1.165) is 4.31 Å². The molecule has 0 bridgehead atoms. The highest BCUT2D eigenvalue weighted by molar-refractivity contribution is 7.89. The van der Waals surface area contributed by atoms with Crippen LogP contribution in [0.3, 0.4) is 0 Å². The van der Waals surface area contributed by atoms with Crippen LogP contribution in [0.4, 0.5) is 0 Å². The van der Waals surface area contributed by atoms with Crippen molar-refractivity contribution in [2.45, 2.75) is 44.7 Å². The zero-order valence-electron chi connectivity index (χ0n) is 13.1. The Balaban J connectivity index is 2.17. The molecule has 0 aromatic rings. The Morgan fingerprint density at radius 1 is 1.23 bits per heavy atom. The Hall–Kier alpha value is -0.925. The van der Waals surface area contributed by atoms with Crippen LogP contribution >= 0.6 is 0 Å². The summed E-state index contributed by atoms with van der Waals surface area (Å²) < 4.78 is 25.1. The van der Waals surface area contributed by atoms with Crippen molar-refractivity contribution in [2.24, 2.45) is 0 Å². The molecule has 2 rings (SSSR count). The van der Waals surface area contributed by atoms with Crippen LogP contribution in [0.25, 0.3) is 0 Å². The first kappa shape index (κ1) is 17.4. The molecule has 2 aliphatic heterocycles. The van der Waals surface area contributed by atoms with Crippen LogP contribution in [0.15, 0.2) is 0 Å². The summed E-state index contributed by atoms with van der Waals surface area (Å²) in [6.45, 7) is 2.78. The van der Waals surface area contributed by atoms with Crippen molar-refractivity contribution in [2.75, 3.05) is 25.9 Å². The van der Waals surface area contributed by atoms with Crippen LogP contribution in [0.1, 0.15) is 32.6 Å². The molecule has 122 valence electrons. The lowest BCUT2D eigenvalue weighted by atomic mass is 9.95. The second-order valence-electron chi connectivity index (χ2n) is 5.84. The Labute approximate surface area is 133 Å². The predicted molar refractivity (Wildman–Crippen MR) is 82.4 cm³/mol. The van der Waals surface area contributed by atoms with Gasteiger partial charge >= 0.3 is 0 Å². The number of carbonyl (C=O) groups excluding carboxylic acids is 2. The normalized spacial score (nSPS) is 26.0. The van der Waals surface area contributed by atoms with Gasteiger partial charge in [-0.2, -0.15) is 4.31 Å². The minimum Gasteiger partial charge on any atom is -0.353 e. The number of rotatable bonds is 4. The number of imide groups is 1. The van der Waals surface area contributed by atoms with Gasteiger partial charge in [-0.1, -0.05) is 0 Å². The number of likely N-dealkylation sites (N-methyl/N-ethyl adjacent to an activating group) is 1. The summed E-state index contributed by atoms with van der Waals surface area (Å²) in [7, 11) is 3.65. The highest BCUT2D eigenvalue weighted by Gasteiger charge is 2.43. The van der Waals surface area contributed by atoms with Crippen molar-refractivity contribution in [3.05, 3.63) is 0 Å². The SMILES string of the molecule is [B]N1CCC(N2C(=O)CCC(N(C)S(=O)(=O)CC)C2=O)CC1. The van der Waals surface area contributed by atoms with Gasteiger partial charge in [-0.05, 0) is 39.3 Å². The van der Waals surface area contributed by atoms with Gasteiger partial charge in [0.25, 0.3) is 0 Å². The topological polar surface area (TPSA) is 78.0 Å².